The van der Waals surface area contributed by atoms with Crippen molar-refractivity contribution in [2.75, 3.05) is 9.80 Å². The van der Waals surface area contributed by atoms with Gasteiger partial charge in [0.2, 0.25) is 0 Å². The molecule has 256 valence electrons. The molecule has 0 atom stereocenters. The molecule has 0 aliphatic carbocycles. The highest BCUT2D eigenvalue weighted by atomic mass is 19.4. The van der Waals surface area contributed by atoms with E-state index in [1.54, 1.807) is 24.3 Å². The van der Waals surface area contributed by atoms with Crippen molar-refractivity contribution >= 4 is 78.1 Å². The number of fused-ring (bicyclic) bond motifs is 2. The van der Waals surface area contributed by atoms with Crippen molar-refractivity contribution in [2.45, 2.75) is 12.7 Å². The maximum atomic E-state index is 13.9. The number of benzene rings is 7. The summed E-state index contributed by atoms with van der Waals surface area (Å²) in [5, 5.41) is 4.17. The van der Waals surface area contributed by atoms with Crippen LogP contribution in [0.25, 0.3) is 43.1 Å². The fourth-order valence-corrected chi connectivity index (χ4v) is 7.38. The first-order chi connectivity index (χ1) is 24.7. The van der Waals surface area contributed by atoms with Crippen molar-refractivity contribution in [3.63, 3.8) is 0 Å². The van der Waals surface area contributed by atoms with E-state index in [2.05, 4.69) is 9.47 Å². The molecule has 7 aromatic rings. The minimum Gasteiger partial charge on any atom is -0.406 e. The molecule has 8 nitrogen and oxygen atoms in total. The first-order valence-corrected chi connectivity index (χ1v) is 15.4. The number of ether oxygens (including phenoxy) is 2. The molecule has 0 fully saturated rings. The van der Waals surface area contributed by atoms with Gasteiger partial charge in [0.05, 0.1) is 11.4 Å². The number of halogens is 6. The van der Waals surface area contributed by atoms with Gasteiger partial charge in [0.25, 0.3) is 23.6 Å². The molecular formula is C38H16F6N2O6. The minimum atomic E-state index is -4.99. The van der Waals surface area contributed by atoms with Gasteiger partial charge >= 0.3 is 12.7 Å². The highest BCUT2D eigenvalue weighted by molar-refractivity contribution is 6.45. The Hall–Kier alpha value is -6.70. The van der Waals surface area contributed by atoms with Gasteiger partial charge in [0, 0.05) is 45.2 Å². The molecule has 9 rings (SSSR count). The SMILES string of the molecule is O=C1c2ccc3c4ccc5c6c(ccc(c7ccc(c2c37)C(=O)N1c1cccc(OC(F)(F)F)c1)c64)C(=O)N(c1cccc(OC(F)(F)F)c1)C5=O. The number of anilines is 2. The fourth-order valence-electron chi connectivity index (χ4n) is 7.38. The summed E-state index contributed by atoms with van der Waals surface area (Å²) in [6, 6.07) is 21.8. The molecule has 0 spiro atoms. The molecule has 2 heterocycles. The molecule has 0 N–H and O–H groups in total. The molecule has 0 bridgehead atoms. The first kappa shape index (κ1) is 31.3. The van der Waals surface area contributed by atoms with Crippen molar-refractivity contribution in [1.29, 1.82) is 0 Å². The number of rotatable bonds is 4. The van der Waals surface area contributed by atoms with Crippen LogP contribution in [0.2, 0.25) is 0 Å². The molecule has 0 saturated heterocycles. The largest absolute Gasteiger partial charge is 0.573 e. The van der Waals surface area contributed by atoms with Gasteiger partial charge in [0.1, 0.15) is 11.5 Å². The van der Waals surface area contributed by atoms with Crippen LogP contribution in [0.3, 0.4) is 0 Å². The van der Waals surface area contributed by atoms with Crippen molar-refractivity contribution in [2.24, 2.45) is 0 Å². The minimum absolute atomic E-state index is 0.122. The Balaban J connectivity index is 1.20. The van der Waals surface area contributed by atoms with Crippen molar-refractivity contribution in [1.82, 2.24) is 0 Å². The third-order valence-electron chi connectivity index (χ3n) is 9.25. The Kier molecular flexibility index (Phi) is 6.27. The second kappa shape index (κ2) is 10.4. The number of amides is 4. The Morgan fingerprint density at radius 2 is 0.712 bits per heavy atom. The topological polar surface area (TPSA) is 93.2 Å². The lowest BCUT2D eigenvalue weighted by atomic mass is 9.82. The third kappa shape index (κ3) is 4.49. The van der Waals surface area contributed by atoms with Gasteiger partial charge in [-0.1, -0.05) is 36.4 Å². The second-order valence-corrected chi connectivity index (χ2v) is 12.1. The summed E-state index contributed by atoms with van der Waals surface area (Å²) in [5.74, 6) is -4.26. The molecule has 0 unspecified atom stereocenters. The number of imide groups is 2. The lowest BCUT2D eigenvalue weighted by Crippen LogP contribution is -2.40. The van der Waals surface area contributed by atoms with Crippen molar-refractivity contribution in [3.05, 3.63) is 119 Å². The van der Waals surface area contributed by atoms with E-state index in [9.17, 15) is 45.5 Å². The van der Waals surface area contributed by atoms with Gasteiger partial charge in [0.15, 0.2) is 0 Å². The number of alkyl halides is 6. The Labute approximate surface area is 286 Å². The number of hydrogen-bond acceptors (Lipinski definition) is 6. The molecular weight excluding hydrogens is 694 g/mol. The van der Waals surface area contributed by atoms with E-state index in [1.807, 2.05) is 0 Å². The van der Waals surface area contributed by atoms with Crippen LogP contribution in [-0.4, -0.2) is 36.4 Å². The van der Waals surface area contributed by atoms with Gasteiger partial charge in [-0.3, -0.25) is 19.2 Å². The van der Waals surface area contributed by atoms with E-state index in [-0.39, 0.29) is 33.6 Å². The van der Waals surface area contributed by atoms with Crippen LogP contribution in [0.5, 0.6) is 11.5 Å². The second-order valence-electron chi connectivity index (χ2n) is 12.1. The summed E-state index contributed by atoms with van der Waals surface area (Å²) < 4.78 is 85.6. The lowest BCUT2D eigenvalue weighted by Gasteiger charge is -2.30. The molecule has 2 aliphatic heterocycles. The van der Waals surface area contributed by atoms with Crippen molar-refractivity contribution in [3.8, 4) is 11.5 Å². The van der Waals surface area contributed by atoms with Crippen LogP contribution < -0.4 is 19.3 Å². The van der Waals surface area contributed by atoms with Gasteiger partial charge in [-0.15, -0.1) is 26.3 Å². The van der Waals surface area contributed by atoms with E-state index in [0.29, 0.717) is 43.1 Å². The van der Waals surface area contributed by atoms with Crippen LogP contribution in [0.4, 0.5) is 37.7 Å². The number of hydrogen-bond donors (Lipinski definition) is 0. The zero-order chi connectivity index (χ0) is 36.4. The maximum absolute atomic E-state index is 13.9. The van der Waals surface area contributed by atoms with E-state index in [1.165, 1.54) is 48.5 Å². The molecule has 7 aromatic carbocycles. The summed E-state index contributed by atoms with van der Waals surface area (Å²) >= 11 is 0. The standard InChI is InChI=1S/C38H16F6N2O6/c39-37(40,41)51-19-5-1-3-17(15-19)45-33(47)25-11-7-21-23-9-13-27-32-28(14-10-24(30(23)32)22-8-12-26(34(45)48)31(25)29(21)22)36(50)46(35(27)49)18-4-2-6-20(16-18)52-38(42,43)44/h1-16H. The molecule has 0 saturated carbocycles. The van der Waals surface area contributed by atoms with E-state index in [4.69, 9.17) is 0 Å². The first-order valence-electron chi connectivity index (χ1n) is 15.4. The monoisotopic (exact) mass is 710 g/mol. The highest BCUT2D eigenvalue weighted by Gasteiger charge is 2.39. The maximum Gasteiger partial charge on any atom is 0.573 e. The Bertz CT molecular complexity index is 2470. The zero-order valence-electron chi connectivity index (χ0n) is 25.8. The molecule has 0 radical (unpaired) electrons. The molecule has 4 amide bonds. The van der Waals surface area contributed by atoms with Gasteiger partial charge in [-0.05, 0) is 80.8 Å². The van der Waals surface area contributed by atoms with Crippen LogP contribution in [0, 0.1) is 0 Å². The number of nitrogens with zero attached hydrogens (tertiary/aromatic N) is 2. The smallest absolute Gasteiger partial charge is 0.406 e. The fraction of sp³-hybridized carbons (Fsp3) is 0.0526. The molecule has 52 heavy (non-hydrogen) atoms. The average Bonchev–Trinajstić information content (AvgIpc) is 3.08. The molecule has 0 aromatic heterocycles. The summed E-state index contributed by atoms with van der Waals surface area (Å²) in [4.78, 5) is 57.3. The summed E-state index contributed by atoms with van der Waals surface area (Å²) in [5.41, 5.74) is 0.272. The quantitative estimate of drug-likeness (QED) is 0.0783. The van der Waals surface area contributed by atoms with Gasteiger partial charge in [-0.2, -0.15) is 0 Å². The summed E-state index contributed by atoms with van der Waals surface area (Å²) in [7, 11) is 0. The Morgan fingerprint density at radius 1 is 0.404 bits per heavy atom. The third-order valence-corrected chi connectivity index (χ3v) is 9.25. The lowest BCUT2D eigenvalue weighted by molar-refractivity contribution is -0.275. The van der Waals surface area contributed by atoms with Crippen molar-refractivity contribution < 1.29 is 55.0 Å². The van der Waals surface area contributed by atoms with Crippen LogP contribution >= 0.6 is 0 Å². The predicted molar refractivity (Wildman–Crippen MR) is 176 cm³/mol. The van der Waals surface area contributed by atoms with Crippen LogP contribution in [0.15, 0.2) is 97.1 Å². The highest BCUT2D eigenvalue weighted by Crippen LogP contribution is 2.47. The molecule has 2 aliphatic rings. The van der Waals surface area contributed by atoms with Crippen LogP contribution in [0.1, 0.15) is 41.4 Å². The van der Waals surface area contributed by atoms with E-state index < -0.39 is 47.9 Å². The molecule has 14 heteroatoms. The summed E-state index contributed by atoms with van der Waals surface area (Å²) in [6.45, 7) is 0. The van der Waals surface area contributed by atoms with Gasteiger partial charge < -0.3 is 9.47 Å². The average molecular weight is 711 g/mol. The number of carbonyl (C=O) groups excluding carboxylic acids is 4. The predicted octanol–water partition coefficient (Wildman–Crippen LogP) is 9.14. The normalized spacial score (nSPS) is 14.8. The summed E-state index contributed by atoms with van der Waals surface area (Å²) in [6.07, 6.45) is -9.99. The van der Waals surface area contributed by atoms with E-state index >= 15 is 0 Å². The Morgan fingerprint density at radius 3 is 1.00 bits per heavy atom. The van der Waals surface area contributed by atoms with Crippen LogP contribution in [-0.2, 0) is 0 Å². The number of carbonyl (C=O) groups is 4. The van der Waals surface area contributed by atoms with E-state index in [0.717, 1.165) is 34.1 Å². The van der Waals surface area contributed by atoms with Gasteiger partial charge in [-0.25, -0.2) is 9.80 Å². The zero-order valence-corrected chi connectivity index (χ0v) is 25.8.